The van der Waals surface area contributed by atoms with Crippen molar-refractivity contribution in [3.05, 3.63) is 29.8 Å². The minimum Gasteiger partial charge on any atom is -0.508 e. The van der Waals surface area contributed by atoms with Crippen molar-refractivity contribution >= 4 is 9.52 Å². The van der Waals surface area contributed by atoms with Gasteiger partial charge in [-0.1, -0.05) is 51.4 Å². The van der Waals surface area contributed by atoms with E-state index < -0.39 is 0 Å². The van der Waals surface area contributed by atoms with Gasteiger partial charge < -0.3 is 5.11 Å². The first kappa shape index (κ1) is 13.3. The summed E-state index contributed by atoms with van der Waals surface area (Å²) in [6, 6.07) is 7.67. The Labute approximate surface area is 102 Å². The molecule has 0 aliphatic rings. The molecule has 16 heavy (non-hydrogen) atoms. The van der Waals surface area contributed by atoms with Crippen molar-refractivity contribution in [1.82, 2.24) is 0 Å². The van der Waals surface area contributed by atoms with Crippen molar-refractivity contribution in [3.8, 4) is 5.75 Å². The fraction of sp³-hybridized carbons (Fsp3) is 0.571. The van der Waals surface area contributed by atoms with Crippen LogP contribution >= 0.6 is 0 Å². The largest absolute Gasteiger partial charge is 0.508 e. The van der Waals surface area contributed by atoms with E-state index in [1.165, 1.54) is 19.3 Å². The standard InChI is InChI=1S/C14H22OSi/c1-4-14(2,16-3)11-7-9-12-8-5-6-10-13(12)15/h5-6,8,10,15H,4,7,9,11H2,1-3H3. The highest BCUT2D eigenvalue weighted by molar-refractivity contribution is 6.38. The van der Waals surface area contributed by atoms with E-state index in [9.17, 15) is 5.11 Å². The number of aryl methyl sites for hydroxylation is 1. The van der Waals surface area contributed by atoms with Gasteiger partial charge in [0.25, 0.3) is 0 Å². The second kappa shape index (κ2) is 6.09. The average molecular weight is 234 g/mol. The molecule has 0 saturated carbocycles. The number of benzene rings is 1. The summed E-state index contributed by atoms with van der Waals surface area (Å²) in [7, 11) is 1.00. The topological polar surface area (TPSA) is 20.2 Å². The van der Waals surface area contributed by atoms with E-state index in [-0.39, 0.29) is 0 Å². The van der Waals surface area contributed by atoms with Gasteiger partial charge in [-0.25, -0.2) is 0 Å². The summed E-state index contributed by atoms with van der Waals surface area (Å²) in [4.78, 5) is 0. The Morgan fingerprint density at radius 1 is 1.31 bits per heavy atom. The molecule has 2 radical (unpaired) electrons. The smallest absolute Gasteiger partial charge is 0.118 e. The highest BCUT2D eigenvalue weighted by Crippen LogP contribution is 2.35. The van der Waals surface area contributed by atoms with Crippen LogP contribution < -0.4 is 0 Å². The van der Waals surface area contributed by atoms with Crippen molar-refractivity contribution in [2.24, 2.45) is 0 Å². The van der Waals surface area contributed by atoms with Crippen LogP contribution in [-0.4, -0.2) is 14.6 Å². The molecule has 1 rings (SSSR count). The SMILES string of the molecule is CCC(C)(CCCc1ccccc1O)[Si]C. The first-order chi connectivity index (χ1) is 7.61. The van der Waals surface area contributed by atoms with Gasteiger partial charge in [0, 0.05) is 9.52 Å². The normalized spacial score (nSPS) is 14.7. The lowest BCUT2D eigenvalue weighted by Gasteiger charge is -2.25. The molecule has 0 amide bonds. The number of rotatable bonds is 6. The number of aromatic hydroxyl groups is 1. The molecule has 1 unspecified atom stereocenters. The van der Waals surface area contributed by atoms with Crippen molar-refractivity contribution in [2.45, 2.75) is 51.1 Å². The molecule has 88 valence electrons. The summed E-state index contributed by atoms with van der Waals surface area (Å²) in [6.45, 7) is 6.94. The van der Waals surface area contributed by atoms with Gasteiger partial charge in [0.15, 0.2) is 0 Å². The quantitative estimate of drug-likeness (QED) is 0.736. The van der Waals surface area contributed by atoms with E-state index in [0.29, 0.717) is 10.8 Å². The molecular weight excluding hydrogens is 212 g/mol. The first-order valence-corrected chi connectivity index (χ1v) is 7.57. The van der Waals surface area contributed by atoms with Crippen LogP contribution in [0.25, 0.3) is 0 Å². The molecule has 0 aromatic heterocycles. The lowest BCUT2D eigenvalue weighted by Crippen LogP contribution is -2.13. The average Bonchev–Trinajstić information content (AvgIpc) is 2.31. The van der Waals surface area contributed by atoms with Crippen LogP contribution in [0, 0.1) is 0 Å². The molecule has 1 aromatic carbocycles. The molecule has 1 nitrogen and oxygen atoms in total. The summed E-state index contributed by atoms with van der Waals surface area (Å²) in [5.41, 5.74) is 1.08. The van der Waals surface area contributed by atoms with Gasteiger partial charge in [-0.3, -0.25) is 0 Å². The first-order valence-electron chi connectivity index (χ1n) is 6.07. The number of hydrogen-bond acceptors (Lipinski definition) is 1. The predicted molar refractivity (Wildman–Crippen MR) is 71.3 cm³/mol. The number of para-hydroxylation sites is 1. The lowest BCUT2D eigenvalue weighted by molar-refractivity contribution is 0.461. The number of phenols is 1. The van der Waals surface area contributed by atoms with Crippen LogP contribution in [0.3, 0.4) is 0 Å². The van der Waals surface area contributed by atoms with Crippen LogP contribution in [-0.2, 0) is 6.42 Å². The summed E-state index contributed by atoms with van der Waals surface area (Å²) in [5, 5.41) is 10.2. The Kier molecular flexibility index (Phi) is 5.06. The van der Waals surface area contributed by atoms with Gasteiger partial charge >= 0.3 is 0 Å². The predicted octanol–water partition coefficient (Wildman–Crippen LogP) is 4.06. The van der Waals surface area contributed by atoms with E-state index in [1.54, 1.807) is 6.07 Å². The monoisotopic (exact) mass is 234 g/mol. The second-order valence-electron chi connectivity index (χ2n) is 4.65. The fourth-order valence-electron chi connectivity index (χ4n) is 1.87. The summed E-state index contributed by atoms with van der Waals surface area (Å²) in [5.74, 6) is 0.444. The lowest BCUT2D eigenvalue weighted by atomic mass is 9.97. The maximum Gasteiger partial charge on any atom is 0.118 e. The molecule has 0 heterocycles. The third kappa shape index (κ3) is 3.67. The number of hydrogen-bond donors (Lipinski definition) is 1. The molecule has 0 saturated heterocycles. The zero-order valence-electron chi connectivity index (χ0n) is 10.6. The van der Waals surface area contributed by atoms with Gasteiger partial charge in [0.2, 0.25) is 0 Å². The fourth-order valence-corrected chi connectivity index (χ4v) is 2.65. The van der Waals surface area contributed by atoms with Gasteiger partial charge in [0.05, 0.1) is 0 Å². The van der Waals surface area contributed by atoms with E-state index in [2.05, 4.69) is 20.4 Å². The van der Waals surface area contributed by atoms with Crippen LogP contribution in [0.5, 0.6) is 5.75 Å². The van der Waals surface area contributed by atoms with Gasteiger partial charge in [0.1, 0.15) is 5.75 Å². The van der Waals surface area contributed by atoms with Gasteiger partial charge in [-0.15, -0.1) is 0 Å². The van der Waals surface area contributed by atoms with E-state index in [1.807, 2.05) is 18.2 Å². The van der Waals surface area contributed by atoms with Crippen LogP contribution in [0.1, 0.15) is 38.7 Å². The third-order valence-electron chi connectivity index (χ3n) is 3.55. The molecule has 0 aliphatic heterocycles. The minimum atomic E-state index is 0.444. The van der Waals surface area contributed by atoms with Crippen molar-refractivity contribution in [2.75, 3.05) is 0 Å². The Hall–Kier alpha value is -0.763. The van der Waals surface area contributed by atoms with Crippen molar-refractivity contribution in [3.63, 3.8) is 0 Å². The van der Waals surface area contributed by atoms with Crippen molar-refractivity contribution in [1.29, 1.82) is 0 Å². The van der Waals surface area contributed by atoms with E-state index >= 15 is 0 Å². The Morgan fingerprint density at radius 3 is 2.56 bits per heavy atom. The molecule has 0 aliphatic carbocycles. The van der Waals surface area contributed by atoms with Gasteiger partial charge in [-0.05, 0) is 29.5 Å². The maximum atomic E-state index is 9.66. The van der Waals surface area contributed by atoms with Crippen LogP contribution in [0.4, 0.5) is 0 Å². The Balaban J connectivity index is 2.44. The molecular formula is C14H22OSi. The Bertz CT molecular complexity index is 318. The van der Waals surface area contributed by atoms with E-state index in [0.717, 1.165) is 21.5 Å². The highest BCUT2D eigenvalue weighted by Gasteiger charge is 2.19. The molecule has 1 atom stereocenters. The molecule has 1 N–H and O–H groups in total. The third-order valence-corrected chi connectivity index (χ3v) is 5.36. The maximum absolute atomic E-state index is 9.66. The number of phenolic OH excluding ortho intramolecular Hbond substituents is 1. The summed E-state index contributed by atoms with van der Waals surface area (Å²) < 4.78 is 0. The molecule has 0 spiro atoms. The molecule has 2 heteroatoms. The second-order valence-corrected chi connectivity index (χ2v) is 6.35. The zero-order valence-corrected chi connectivity index (χ0v) is 11.6. The zero-order chi connectivity index (χ0) is 12.0. The van der Waals surface area contributed by atoms with Crippen LogP contribution in [0.15, 0.2) is 24.3 Å². The van der Waals surface area contributed by atoms with E-state index in [4.69, 9.17) is 0 Å². The molecule has 0 bridgehead atoms. The summed E-state index contributed by atoms with van der Waals surface area (Å²) >= 11 is 0. The van der Waals surface area contributed by atoms with Crippen molar-refractivity contribution < 1.29 is 5.11 Å². The minimum absolute atomic E-state index is 0.444. The van der Waals surface area contributed by atoms with Crippen LogP contribution in [0.2, 0.25) is 11.6 Å². The molecule has 1 aromatic rings. The molecule has 0 fully saturated rings. The Morgan fingerprint density at radius 2 is 2.00 bits per heavy atom. The highest BCUT2D eigenvalue weighted by atomic mass is 28.2. The summed E-state index contributed by atoms with van der Waals surface area (Å²) in [6.07, 6.45) is 4.67. The van der Waals surface area contributed by atoms with Gasteiger partial charge in [-0.2, -0.15) is 0 Å².